The fourth-order valence-corrected chi connectivity index (χ4v) is 3.89. The van der Waals surface area contributed by atoms with Crippen LogP contribution in [0.4, 0.5) is 0 Å². The van der Waals surface area contributed by atoms with Crippen LogP contribution in [0.25, 0.3) is 0 Å². The van der Waals surface area contributed by atoms with Crippen LogP contribution < -0.4 is 0 Å². The molecule has 2 aromatic rings. The van der Waals surface area contributed by atoms with E-state index in [0.29, 0.717) is 23.5 Å². The number of carbonyl (C=O) groups excluding carboxylic acids is 1. The van der Waals surface area contributed by atoms with Crippen molar-refractivity contribution in [3.8, 4) is 0 Å². The van der Waals surface area contributed by atoms with Gasteiger partial charge in [0.15, 0.2) is 5.16 Å². The lowest BCUT2D eigenvalue weighted by Gasteiger charge is -2.22. The first-order valence-corrected chi connectivity index (χ1v) is 9.78. The molecule has 24 heavy (non-hydrogen) atoms. The minimum atomic E-state index is 0.158. The predicted molar refractivity (Wildman–Crippen MR) is 99.9 cm³/mol. The van der Waals surface area contributed by atoms with E-state index in [1.54, 1.807) is 0 Å². The Morgan fingerprint density at radius 3 is 2.58 bits per heavy atom. The Hall–Kier alpha value is -1.40. The molecule has 0 radical (unpaired) electrons. The molecule has 126 valence electrons. The van der Waals surface area contributed by atoms with Gasteiger partial charge >= 0.3 is 0 Å². The summed E-state index contributed by atoms with van der Waals surface area (Å²) in [7, 11) is 0. The summed E-state index contributed by atoms with van der Waals surface area (Å²) in [4.78, 5) is 23.5. The molecule has 0 N–H and O–H groups in total. The second kappa shape index (κ2) is 7.66. The molecule has 0 unspecified atom stereocenters. The molecular weight excluding hydrogens is 386 g/mol. The number of nitrogens with zero attached hydrogens (tertiary/aromatic N) is 3. The van der Waals surface area contributed by atoms with Crippen molar-refractivity contribution in [2.24, 2.45) is 0 Å². The molecule has 0 atom stereocenters. The Kier molecular flexibility index (Phi) is 5.56. The Morgan fingerprint density at radius 1 is 1.25 bits per heavy atom. The van der Waals surface area contributed by atoms with E-state index in [1.165, 1.54) is 11.8 Å². The van der Waals surface area contributed by atoms with Crippen LogP contribution in [0, 0.1) is 13.8 Å². The number of halogens is 1. The molecule has 3 rings (SSSR count). The zero-order chi connectivity index (χ0) is 17.1. The summed E-state index contributed by atoms with van der Waals surface area (Å²) >= 11 is 4.91. The van der Waals surface area contributed by atoms with Gasteiger partial charge in [-0.05, 0) is 50.5 Å². The Labute approximate surface area is 155 Å². The van der Waals surface area contributed by atoms with Gasteiger partial charge in [-0.15, -0.1) is 0 Å². The van der Waals surface area contributed by atoms with Crippen molar-refractivity contribution >= 4 is 33.6 Å². The third-order valence-electron chi connectivity index (χ3n) is 3.84. The fourth-order valence-electron chi connectivity index (χ4n) is 2.61. The highest BCUT2D eigenvalue weighted by Crippen LogP contribution is 2.30. The van der Waals surface area contributed by atoms with Gasteiger partial charge in [0.25, 0.3) is 0 Å². The summed E-state index contributed by atoms with van der Waals surface area (Å²) in [6.45, 7) is 4.56. The average molecular weight is 406 g/mol. The third-order valence-corrected chi connectivity index (χ3v) is 5.16. The third kappa shape index (κ3) is 4.80. The van der Waals surface area contributed by atoms with Gasteiger partial charge in [0.1, 0.15) is 0 Å². The molecule has 1 fully saturated rings. The van der Waals surface area contributed by atoms with E-state index in [1.807, 2.05) is 36.9 Å². The van der Waals surface area contributed by atoms with Crippen LogP contribution in [-0.2, 0) is 11.3 Å². The van der Waals surface area contributed by atoms with Gasteiger partial charge in [0.05, 0.1) is 5.75 Å². The molecule has 0 saturated heterocycles. The van der Waals surface area contributed by atoms with Crippen LogP contribution in [-0.4, -0.2) is 32.6 Å². The van der Waals surface area contributed by atoms with Crippen LogP contribution >= 0.6 is 27.7 Å². The number of thioether (sulfide) groups is 1. The molecule has 1 saturated carbocycles. The molecule has 0 aliphatic heterocycles. The lowest BCUT2D eigenvalue weighted by molar-refractivity contribution is -0.129. The highest BCUT2D eigenvalue weighted by atomic mass is 79.9. The maximum Gasteiger partial charge on any atom is 0.233 e. The minimum absolute atomic E-state index is 0.158. The lowest BCUT2D eigenvalue weighted by Crippen LogP contribution is -2.34. The number of amides is 1. The van der Waals surface area contributed by atoms with Gasteiger partial charge < -0.3 is 4.90 Å². The molecule has 1 aliphatic carbocycles. The van der Waals surface area contributed by atoms with Crippen molar-refractivity contribution in [3.63, 3.8) is 0 Å². The molecule has 6 heteroatoms. The molecule has 1 heterocycles. The van der Waals surface area contributed by atoms with Crippen molar-refractivity contribution in [2.75, 3.05) is 5.75 Å². The second-order valence-electron chi connectivity index (χ2n) is 6.10. The normalized spacial score (nSPS) is 13.8. The van der Waals surface area contributed by atoms with Crippen molar-refractivity contribution in [1.82, 2.24) is 14.9 Å². The fraction of sp³-hybridized carbons (Fsp3) is 0.389. The minimum Gasteiger partial charge on any atom is -0.335 e. The van der Waals surface area contributed by atoms with Crippen LogP contribution in [0.3, 0.4) is 0 Å². The van der Waals surface area contributed by atoms with Crippen LogP contribution in [0.1, 0.15) is 29.8 Å². The summed E-state index contributed by atoms with van der Waals surface area (Å²) < 4.78 is 1.04. The average Bonchev–Trinajstić information content (AvgIpc) is 3.34. The topological polar surface area (TPSA) is 46.1 Å². The van der Waals surface area contributed by atoms with E-state index in [-0.39, 0.29) is 5.91 Å². The van der Waals surface area contributed by atoms with E-state index in [4.69, 9.17) is 0 Å². The van der Waals surface area contributed by atoms with Crippen molar-refractivity contribution in [1.29, 1.82) is 0 Å². The van der Waals surface area contributed by atoms with Gasteiger partial charge in [0.2, 0.25) is 5.91 Å². The van der Waals surface area contributed by atoms with Crippen molar-refractivity contribution in [3.05, 3.63) is 51.8 Å². The summed E-state index contributed by atoms with van der Waals surface area (Å²) in [5.41, 5.74) is 3.02. The van der Waals surface area contributed by atoms with E-state index in [2.05, 4.69) is 38.0 Å². The number of aryl methyl sites for hydroxylation is 2. The van der Waals surface area contributed by atoms with E-state index < -0.39 is 0 Å². The SMILES string of the molecule is Cc1cc(C)nc(SCC(=O)N(Cc2cccc(Br)c2)C2CC2)n1. The number of aromatic nitrogens is 2. The first-order valence-electron chi connectivity index (χ1n) is 8.00. The maximum atomic E-state index is 12.7. The molecule has 4 nitrogen and oxygen atoms in total. The zero-order valence-corrected chi connectivity index (χ0v) is 16.2. The standard InChI is InChI=1S/C18H20BrN3OS/c1-12-8-13(2)21-18(20-12)24-11-17(23)22(16-6-7-16)10-14-4-3-5-15(19)9-14/h3-5,8-9,16H,6-7,10-11H2,1-2H3. The summed E-state index contributed by atoms with van der Waals surface area (Å²) in [6.07, 6.45) is 2.20. The molecule has 1 amide bonds. The largest absolute Gasteiger partial charge is 0.335 e. The Morgan fingerprint density at radius 2 is 1.96 bits per heavy atom. The second-order valence-corrected chi connectivity index (χ2v) is 7.96. The summed E-state index contributed by atoms with van der Waals surface area (Å²) in [5, 5.41) is 0.680. The highest BCUT2D eigenvalue weighted by molar-refractivity contribution is 9.10. The highest BCUT2D eigenvalue weighted by Gasteiger charge is 2.32. The van der Waals surface area contributed by atoms with Crippen LogP contribution in [0.15, 0.2) is 40.0 Å². The first-order chi connectivity index (χ1) is 11.5. The molecular formula is C18H20BrN3OS. The maximum absolute atomic E-state index is 12.7. The quantitative estimate of drug-likeness (QED) is 0.535. The van der Waals surface area contributed by atoms with E-state index in [0.717, 1.165) is 34.3 Å². The molecule has 1 aliphatic rings. The van der Waals surface area contributed by atoms with Crippen LogP contribution in [0.2, 0.25) is 0 Å². The van der Waals surface area contributed by atoms with Gasteiger partial charge in [0, 0.05) is 28.4 Å². The lowest BCUT2D eigenvalue weighted by atomic mass is 10.2. The molecule has 1 aromatic carbocycles. The number of rotatable bonds is 6. The summed E-state index contributed by atoms with van der Waals surface area (Å²) in [5.74, 6) is 0.540. The smallest absolute Gasteiger partial charge is 0.233 e. The van der Waals surface area contributed by atoms with Gasteiger partial charge in [-0.2, -0.15) is 0 Å². The molecule has 0 bridgehead atoms. The van der Waals surface area contributed by atoms with Gasteiger partial charge in [-0.3, -0.25) is 4.79 Å². The molecule has 0 spiro atoms. The zero-order valence-electron chi connectivity index (χ0n) is 13.8. The van der Waals surface area contributed by atoms with Gasteiger partial charge in [-0.25, -0.2) is 9.97 Å². The number of benzene rings is 1. The van der Waals surface area contributed by atoms with Crippen molar-refractivity contribution < 1.29 is 4.79 Å². The van der Waals surface area contributed by atoms with E-state index in [9.17, 15) is 4.79 Å². The van der Waals surface area contributed by atoms with Crippen molar-refractivity contribution in [2.45, 2.75) is 44.4 Å². The Bertz CT molecular complexity index is 729. The number of hydrogen-bond donors (Lipinski definition) is 0. The molecule has 1 aromatic heterocycles. The van der Waals surface area contributed by atoms with Crippen LogP contribution in [0.5, 0.6) is 0 Å². The van der Waals surface area contributed by atoms with E-state index >= 15 is 0 Å². The number of hydrogen-bond acceptors (Lipinski definition) is 4. The first kappa shape index (κ1) is 17.4. The van der Waals surface area contributed by atoms with Gasteiger partial charge in [-0.1, -0.05) is 39.8 Å². The monoisotopic (exact) mass is 405 g/mol. The number of carbonyl (C=O) groups is 1. The summed E-state index contributed by atoms with van der Waals surface area (Å²) in [6, 6.07) is 10.5. The Balaban J connectivity index is 1.64. The predicted octanol–water partition coefficient (Wildman–Crippen LogP) is 4.14.